The molecular formula is C13H15N3O2. The predicted molar refractivity (Wildman–Crippen MR) is 69.6 cm³/mol. The maximum absolute atomic E-state index is 12.1. The molecule has 18 heavy (non-hydrogen) atoms. The summed E-state index contributed by atoms with van der Waals surface area (Å²) in [4.78, 5) is 15.2. The van der Waals surface area contributed by atoms with Crippen LogP contribution in [0.15, 0.2) is 24.4 Å². The van der Waals surface area contributed by atoms with E-state index in [-0.39, 0.29) is 17.1 Å². The van der Waals surface area contributed by atoms with Gasteiger partial charge in [-0.1, -0.05) is 0 Å². The van der Waals surface area contributed by atoms with Crippen LogP contribution in [0.5, 0.6) is 5.75 Å². The van der Waals surface area contributed by atoms with E-state index < -0.39 is 0 Å². The standard InChI is InChI=1S/C13H15N3O2/c1-13(6-14-7-13)12(18)16-11-5-15-10-3-2-8(17)4-9(10)11/h2-5,14-15,17H,6-7H2,1H3,(H,16,18). The Morgan fingerprint density at radius 3 is 2.89 bits per heavy atom. The SMILES string of the molecule is CC1(C(=O)Nc2c[nH]c3ccc(O)cc23)CNC1. The number of H-pyrrole nitrogens is 1. The number of phenolic OH excluding ortho intramolecular Hbond substituents is 1. The summed E-state index contributed by atoms with van der Waals surface area (Å²) in [6.07, 6.45) is 1.75. The van der Waals surface area contributed by atoms with Gasteiger partial charge in [-0.2, -0.15) is 0 Å². The first-order valence-corrected chi connectivity index (χ1v) is 5.91. The number of fused-ring (bicyclic) bond motifs is 1. The van der Waals surface area contributed by atoms with Crippen molar-refractivity contribution in [2.45, 2.75) is 6.92 Å². The van der Waals surface area contributed by atoms with E-state index in [2.05, 4.69) is 15.6 Å². The highest BCUT2D eigenvalue weighted by molar-refractivity contribution is 6.04. The molecule has 4 N–H and O–H groups in total. The van der Waals surface area contributed by atoms with Gasteiger partial charge in [-0.25, -0.2) is 0 Å². The van der Waals surface area contributed by atoms with Gasteiger partial charge in [-0.05, 0) is 25.1 Å². The summed E-state index contributed by atoms with van der Waals surface area (Å²) in [5.41, 5.74) is 1.26. The van der Waals surface area contributed by atoms with E-state index in [1.54, 1.807) is 24.4 Å². The molecular weight excluding hydrogens is 230 g/mol. The lowest BCUT2D eigenvalue weighted by Crippen LogP contribution is -2.57. The summed E-state index contributed by atoms with van der Waals surface area (Å²) in [7, 11) is 0. The zero-order valence-corrected chi connectivity index (χ0v) is 10.1. The van der Waals surface area contributed by atoms with Crippen LogP contribution in [0.2, 0.25) is 0 Å². The lowest BCUT2D eigenvalue weighted by atomic mass is 9.83. The molecule has 1 aliphatic rings. The molecule has 5 heteroatoms. The molecule has 94 valence electrons. The minimum absolute atomic E-state index is 0.00509. The van der Waals surface area contributed by atoms with E-state index >= 15 is 0 Å². The van der Waals surface area contributed by atoms with Crippen molar-refractivity contribution in [3.63, 3.8) is 0 Å². The number of rotatable bonds is 2. The fourth-order valence-electron chi connectivity index (χ4n) is 2.15. The van der Waals surface area contributed by atoms with E-state index in [1.807, 2.05) is 6.92 Å². The van der Waals surface area contributed by atoms with Gasteiger partial charge in [0.25, 0.3) is 0 Å². The molecule has 0 saturated carbocycles. The molecule has 5 nitrogen and oxygen atoms in total. The highest BCUT2D eigenvalue weighted by atomic mass is 16.3. The molecule has 1 fully saturated rings. The average Bonchev–Trinajstić information content (AvgIpc) is 2.69. The van der Waals surface area contributed by atoms with Crippen LogP contribution in [0.3, 0.4) is 0 Å². The summed E-state index contributed by atoms with van der Waals surface area (Å²) >= 11 is 0. The summed E-state index contributed by atoms with van der Waals surface area (Å²) in [5, 5.41) is 16.3. The Kier molecular flexibility index (Phi) is 2.31. The lowest BCUT2D eigenvalue weighted by molar-refractivity contribution is -0.127. The van der Waals surface area contributed by atoms with Crippen LogP contribution < -0.4 is 10.6 Å². The first-order valence-electron chi connectivity index (χ1n) is 5.91. The fourth-order valence-corrected chi connectivity index (χ4v) is 2.15. The first-order chi connectivity index (χ1) is 8.58. The third-order valence-electron chi connectivity index (χ3n) is 3.49. The second-order valence-corrected chi connectivity index (χ2v) is 5.05. The molecule has 0 aliphatic carbocycles. The smallest absolute Gasteiger partial charge is 0.232 e. The van der Waals surface area contributed by atoms with Crippen LogP contribution >= 0.6 is 0 Å². The quantitative estimate of drug-likeness (QED) is 0.646. The van der Waals surface area contributed by atoms with E-state index in [9.17, 15) is 9.90 Å². The van der Waals surface area contributed by atoms with Gasteiger partial charge >= 0.3 is 0 Å². The third-order valence-corrected chi connectivity index (χ3v) is 3.49. The number of anilines is 1. The van der Waals surface area contributed by atoms with Gasteiger partial charge in [-0.3, -0.25) is 4.79 Å². The van der Waals surface area contributed by atoms with Crippen molar-refractivity contribution < 1.29 is 9.90 Å². The minimum atomic E-state index is -0.333. The number of benzene rings is 1. The van der Waals surface area contributed by atoms with Gasteiger partial charge in [0.2, 0.25) is 5.91 Å². The van der Waals surface area contributed by atoms with Crippen LogP contribution in [0.1, 0.15) is 6.92 Å². The fraction of sp³-hybridized carbons (Fsp3) is 0.308. The number of nitrogens with one attached hydrogen (secondary N) is 3. The van der Waals surface area contributed by atoms with Gasteiger partial charge in [0, 0.05) is 30.2 Å². The monoisotopic (exact) mass is 245 g/mol. The predicted octanol–water partition coefficient (Wildman–Crippen LogP) is 1.42. The molecule has 2 aromatic rings. The van der Waals surface area contributed by atoms with Crippen LogP contribution in [0, 0.1) is 5.41 Å². The van der Waals surface area contributed by atoms with Gasteiger partial charge in [0.05, 0.1) is 11.1 Å². The summed E-state index contributed by atoms with van der Waals surface area (Å²) in [6.45, 7) is 3.34. The normalized spacial score (nSPS) is 17.4. The van der Waals surface area contributed by atoms with Crippen molar-refractivity contribution in [1.29, 1.82) is 0 Å². The number of aromatic amines is 1. The second kappa shape index (κ2) is 3.74. The number of aromatic nitrogens is 1. The highest BCUT2D eigenvalue weighted by Gasteiger charge is 2.39. The van der Waals surface area contributed by atoms with Crippen LogP contribution in [0.25, 0.3) is 10.9 Å². The highest BCUT2D eigenvalue weighted by Crippen LogP contribution is 2.29. The van der Waals surface area contributed by atoms with Crippen molar-refractivity contribution in [3.05, 3.63) is 24.4 Å². The van der Waals surface area contributed by atoms with Crippen molar-refractivity contribution in [2.24, 2.45) is 5.41 Å². The number of aromatic hydroxyl groups is 1. The zero-order valence-electron chi connectivity index (χ0n) is 10.1. The summed E-state index contributed by atoms with van der Waals surface area (Å²) in [6, 6.07) is 5.04. The van der Waals surface area contributed by atoms with E-state index in [4.69, 9.17) is 0 Å². The van der Waals surface area contributed by atoms with E-state index in [0.717, 1.165) is 10.9 Å². The van der Waals surface area contributed by atoms with Gasteiger partial charge in [0.15, 0.2) is 0 Å². The Hall–Kier alpha value is -2.01. The molecule has 1 aromatic heterocycles. The number of hydrogen-bond acceptors (Lipinski definition) is 3. The number of phenols is 1. The first kappa shape index (κ1) is 11.1. The van der Waals surface area contributed by atoms with Crippen LogP contribution in [0.4, 0.5) is 5.69 Å². The Bertz CT molecular complexity index is 614. The van der Waals surface area contributed by atoms with Crippen molar-refractivity contribution >= 4 is 22.5 Å². The molecule has 1 amide bonds. The Labute approximate surface area is 104 Å². The molecule has 3 rings (SSSR count). The molecule has 0 unspecified atom stereocenters. The number of carbonyl (C=O) groups excluding carboxylic acids is 1. The molecule has 2 heterocycles. The Morgan fingerprint density at radius 2 is 2.22 bits per heavy atom. The van der Waals surface area contributed by atoms with Gasteiger partial charge in [0.1, 0.15) is 5.75 Å². The second-order valence-electron chi connectivity index (χ2n) is 5.05. The average molecular weight is 245 g/mol. The zero-order chi connectivity index (χ0) is 12.8. The maximum Gasteiger partial charge on any atom is 0.232 e. The molecule has 1 saturated heterocycles. The Balaban J connectivity index is 1.90. The van der Waals surface area contributed by atoms with Crippen molar-refractivity contribution in [2.75, 3.05) is 18.4 Å². The largest absolute Gasteiger partial charge is 0.508 e. The molecule has 0 spiro atoms. The summed E-state index contributed by atoms with van der Waals surface area (Å²) in [5.74, 6) is 0.194. The third kappa shape index (κ3) is 1.64. The molecule has 0 radical (unpaired) electrons. The number of hydrogen-bond donors (Lipinski definition) is 4. The number of amides is 1. The van der Waals surface area contributed by atoms with Gasteiger partial charge < -0.3 is 20.7 Å². The molecule has 0 atom stereocenters. The molecule has 1 aliphatic heterocycles. The van der Waals surface area contributed by atoms with Crippen molar-refractivity contribution in [1.82, 2.24) is 10.3 Å². The van der Waals surface area contributed by atoms with E-state index in [0.29, 0.717) is 18.8 Å². The van der Waals surface area contributed by atoms with Crippen LogP contribution in [-0.4, -0.2) is 29.1 Å². The molecule has 0 bridgehead atoms. The maximum atomic E-state index is 12.1. The van der Waals surface area contributed by atoms with Gasteiger partial charge in [-0.15, -0.1) is 0 Å². The molecule has 1 aromatic carbocycles. The number of carbonyl (C=O) groups is 1. The van der Waals surface area contributed by atoms with Crippen molar-refractivity contribution in [3.8, 4) is 5.75 Å². The Morgan fingerprint density at radius 1 is 1.44 bits per heavy atom. The van der Waals surface area contributed by atoms with E-state index in [1.165, 1.54) is 0 Å². The minimum Gasteiger partial charge on any atom is -0.508 e. The summed E-state index contributed by atoms with van der Waals surface area (Å²) < 4.78 is 0. The topological polar surface area (TPSA) is 77.2 Å². The lowest BCUT2D eigenvalue weighted by Gasteiger charge is -2.37. The van der Waals surface area contributed by atoms with Crippen LogP contribution in [-0.2, 0) is 4.79 Å².